The Balaban J connectivity index is 1.46. The first kappa shape index (κ1) is 20.5. The Morgan fingerprint density at radius 3 is 2.80 bits per heavy atom. The number of nitrogens with one attached hydrogen (secondary N) is 2. The molecule has 1 aromatic carbocycles. The van der Waals surface area contributed by atoms with Crippen LogP contribution in [0.5, 0.6) is 0 Å². The zero-order valence-corrected chi connectivity index (χ0v) is 17.2. The number of benzene rings is 1. The molecule has 2 aliphatic heterocycles. The van der Waals surface area contributed by atoms with E-state index in [1.807, 2.05) is 0 Å². The number of thioether (sulfide) groups is 2. The molecule has 3 atom stereocenters. The van der Waals surface area contributed by atoms with Crippen molar-refractivity contribution in [2.45, 2.75) is 23.3 Å². The number of hydrogen-bond acceptors (Lipinski definition) is 7. The van der Waals surface area contributed by atoms with E-state index in [0.29, 0.717) is 22.0 Å². The van der Waals surface area contributed by atoms with Crippen LogP contribution in [0.25, 0.3) is 0 Å². The molecule has 2 aliphatic rings. The van der Waals surface area contributed by atoms with Crippen LogP contribution >= 0.6 is 23.5 Å². The molecule has 1 saturated heterocycles. The number of hydrogen-bond donors (Lipinski definition) is 4. The topological polar surface area (TPSA) is 136 Å². The molecule has 9 nitrogen and oxygen atoms in total. The van der Waals surface area contributed by atoms with E-state index in [0.717, 1.165) is 5.56 Å². The summed E-state index contributed by atoms with van der Waals surface area (Å²) in [5.41, 5.74) is 1.28. The zero-order valence-electron chi connectivity index (χ0n) is 15.5. The van der Waals surface area contributed by atoms with Gasteiger partial charge in [0.05, 0.1) is 6.20 Å². The predicted molar refractivity (Wildman–Crippen MR) is 111 cm³/mol. The molecule has 0 spiro atoms. The minimum Gasteiger partial charge on any atom is -0.477 e. The van der Waals surface area contributed by atoms with Gasteiger partial charge in [-0.1, -0.05) is 30.3 Å². The van der Waals surface area contributed by atoms with Gasteiger partial charge in [0, 0.05) is 28.2 Å². The highest BCUT2D eigenvalue weighted by molar-refractivity contribution is 8.05. The average Bonchev–Trinajstić information content (AvgIpc) is 3.28. The summed E-state index contributed by atoms with van der Waals surface area (Å²) in [6.45, 7) is 0. The summed E-state index contributed by atoms with van der Waals surface area (Å²) >= 11 is 2.73. The smallest absolute Gasteiger partial charge is 0.353 e. The van der Waals surface area contributed by atoms with E-state index in [9.17, 15) is 24.6 Å². The number of fused-ring (bicyclic) bond motifs is 1. The molecule has 156 valence electrons. The summed E-state index contributed by atoms with van der Waals surface area (Å²) in [7, 11) is 0. The lowest BCUT2D eigenvalue weighted by Crippen LogP contribution is -2.70. The maximum absolute atomic E-state index is 12.7. The van der Waals surface area contributed by atoms with E-state index in [2.05, 4.69) is 15.5 Å². The number of aliphatic carboxylic acids is 1. The molecule has 0 unspecified atom stereocenters. The molecular formula is C19H18N4O5S2. The van der Waals surface area contributed by atoms with Crippen LogP contribution in [0.4, 0.5) is 0 Å². The molecular weight excluding hydrogens is 428 g/mol. The Hall–Kier alpha value is -2.76. The highest BCUT2D eigenvalue weighted by atomic mass is 32.2. The standard InChI is InChI=1S/C19H18N4O5S2/c24-15(11-4-2-1-3-5-11)16(25)22-13-17(26)23-14(19(27)28)12(9-30-18(13)23)29-8-10-6-20-21-7-10/h1-7,13,15,18,24H,8-9H2,(H,20,21)(H,22,25)(H,27,28)/t13-,15+,18+/m1/s1. The number of H-pyrrole nitrogens is 1. The second-order valence-corrected chi connectivity index (χ2v) is 8.86. The molecule has 0 saturated carbocycles. The van der Waals surface area contributed by atoms with Crippen molar-refractivity contribution in [3.8, 4) is 0 Å². The monoisotopic (exact) mass is 446 g/mol. The summed E-state index contributed by atoms with van der Waals surface area (Å²) < 4.78 is 0. The molecule has 4 rings (SSSR count). The third-order valence-corrected chi connectivity index (χ3v) is 7.39. The lowest BCUT2D eigenvalue weighted by Gasteiger charge is -2.49. The van der Waals surface area contributed by atoms with Crippen molar-refractivity contribution in [2.24, 2.45) is 0 Å². The summed E-state index contributed by atoms with van der Waals surface area (Å²) in [5.74, 6) is -1.44. The number of aromatic nitrogens is 2. The van der Waals surface area contributed by atoms with E-state index < -0.39 is 35.3 Å². The van der Waals surface area contributed by atoms with Crippen LogP contribution in [0.3, 0.4) is 0 Å². The highest BCUT2D eigenvalue weighted by Crippen LogP contribution is 2.44. The van der Waals surface area contributed by atoms with Crippen LogP contribution in [0.1, 0.15) is 17.2 Å². The minimum atomic E-state index is -1.41. The molecule has 11 heteroatoms. The largest absolute Gasteiger partial charge is 0.477 e. The van der Waals surface area contributed by atoms with Gasteiger partial charge in [-0.25, -0.2) is 4.79 Å². The molecule has 1 fully saturated rings. The number of carboxylic acids is 1. The Morgan fingerprint density at radius 1 is 1.37 bits per heavy atom. The van der Waals surface area contributed by atoms with E-state index >= 15 is 0 Å². The van der Waals surface area contributed by atoms with Crippen molar-refractivity contribution in [3.05, 3.63) is 64.5 Å². The number of carbonyl (C=O) groups excluding carboxylic acids is 2. The normalized spacial score (nSPS) is 21.6. The minimum absolute atomic E-state index is 0.0497. The molecule has 0 bridgehead atoms. The molecule has 2 aromatic rings. The number of carboxylic acid groups (broad SMARTS) is 1. The molecule has 2 amide bonds. The fourth-order valence-electron chi connectivity index (χ4n) is 3.25. The van der Waals surface area contributed by atoms with E-state index in [4.69, 9.17) is 0 Å². The van der Waals surface area contributed by atoms with Gasteiger partial charge in [-0.3, -0.25) is 19.6 Å². The third-order valence-electron chi connectivity index (χ3n) is 4.77. The number of β-lactam (4-membered cyclic amide) rings is 1. The van der Waals surface area contributed by atoms with Gasteiger partial charge in [-0.05, 0) is 5.56 Å². The summed E-state index contributed by atoms with van der Waals surface area (Å²) in [6, 6.07) is 7.52. The average molecular weight is 447 g/mol. The van der Waals surface area contributed by atoms with Gasteiger partial charge in [-0.15, -0.1) is 23.5 Å². The quantitative estimate of drug-likeness (QED) is 0.464. The van der Waals surface area contributed by atoms with Gasteiger partial charge < -0.3 is 15.5 Å². The van der Waals surface area contributed by atoms with Crippen molar-refractivity contribution < 1.29 is 24.6 Å². The number of carbonyl (C=O) groups is 3. The SMILES string of the molecule is O=C(O)C1=C(SCc2cn[nH]c2)CS[C@H]2[C@H](NC(=O)[C@@H](O)c3ccccc3)C(=O)N12. The molecule has 0 radical (unpaired) electrons. The van der Waals surface area contributed by atoms with Gasteiger partial charge in [0.2, 0.25) is 0 Å². The molecule has 30 heavy (non-hydrogen) atoms. The first-order chi connectivity index (χ1) is 14.5. The zero-order chi connectivity index (χ0) is 21.3. The van der Waals surface area contributed by atoms with Crippen molar-refractivity contribution in [1.82, 2.24) is 20.4 Å². The van der Waals surface area contributed by atoms with Gasteiger partial charge in [-0.2, -0.15) is 5.10 Å². The molecule has 0 aliphatic carbocycles. The van der Waals surface area contributed by atoms with E-state index in [-0.39, 0.29) is 5.70 Å². The highest BCUT2D eigenvalue weighted by Gasteiger charge is 2.54. The lowest BCUT2D eigenvalue weighted by molar-refractivity contribution is -0.151. The maximum Gasteiger partial charge on any atom is 0.353 e. The number of aromatic amines is 1. The predicted octanol–water partition coefficient (Wildman–Crippen LogP) is 1.07. The maximum atomic E-state index is 12.7. The Labute approximate surface area is 179 Å². The second kappa shape index (κ2) is 8.54. The summed E-state index contributed by atoms with van der Waals surface area (Å²) in [6.07, 6.45) is 1.98. The third kappa shape index (κ3) is 3.83. The second-order valence-electron chi connectivity index (χ2n) is 6.68. The van der Waals surface area contributed by atoms with Crippen LogP contribution in [0.15, 0.2) is 53.3 Å². The molecule has 1 aromatic heterocycles. The fraction of sp³-hybridized carbons (Fsp3) is 0.263. The molecule has 4 N–H and O–H groups in total. The number of nitrogens with zero attached hydrogens (tertiary/aromatic N) is 2. The summed E-state index contributed by atoms with van der Waals surface area (Å²) in [5, 5.41) is 28.5. The van der Waals surface area contributed by atoms with Crippen LogP contribution in [0, 0.1) is 0 Å². The van der Waals surface area contributed by atoms with Crippen LogP contribution in [-0.4, -0.2) is 60.3 Å². The van der Waals surface area contributed by atoms with Gasteiger partial charge in [0.25, 0.3) is 11.8 Å². The van der Waals surface area contributed by atoms with Crippen LogP contribution < -0.4 is 5.32 Å². The first-order valence-electron chi connectivity index (χ1n) is 9.02. The first-order valence-corrected chi connectivity index (χ1v) is 11.1. The van der Waals surface area contributed by atoms with Crippen LogP contribution in [0.2, 0.25) is 0 Å². The number of aliphatic hydroxyl groups excluding tert-OH is 1. The van der Waals surface area contributed by atoms with Crippen molar-refractivity contribution in [1.29, 1.82) is 0 Å². The van der Waals surface area contributed by atoms with Gasteiger partial charge >= 0.3 is 5.97 Å². The Kier molecular flexibility index (Phi) is 5.84. The van der Waals surface area contributed by atoms with E-state index in [1.165, 1.54) is 28.4 Å². The summed E-state index contributed by atoms with van der Waals surface area (Å²) in [4.78, 5) is 38.7. The van der Waals surface area contributed by atoms with Gasteiger partial charge in [0.15, 0.2) is 6.10 Å². The van der Waals surface area contributed by atoms with Crippen molar-refractivity contribution in [3.63, 3.8) is 0 Å². The lowest BCUT2D eigenvalue weighted by atomic mass is 10.0. The van der Waals surface area contributed by atoms with Crippen LogP contribution in [-0.2, 0) is 20.1 Å². The van der Waals surface area contributed by atoms with Gasteiger partial charge in [0.1, 0.15) is 17.1 Å². The number of aliphatic hydroxyl groups is 1. The number of amides is 2. The van der Waals surface area contributed by atoms with E-state index in [1.54, 1.807) is 42.7 Å². The van der Waals surface area contributed by atoms with Crippen molar-refractivity contribution in [2.75, 3.05) is 5.75 Å². The molecule has 3 heterocycles. The Morgan fingerprint density at radius 2 is 2.13 bits per heavy atom. The fourth-order valence-corrected chi connectivity index (χ4v) is 5.80. The van der Waals surface area contributed by atoms with Crippen molar-refractivity contribution >= 4 is 41.3 Å². The Bertz CT molecular complexity index is 996. The number of rotatable bonds is 7.